The number of rotatable bonds is 1. The molecule has 0 saturated heterocycles. The number of halogens is 3. The highest BCUT2D eigenvalue weighted by Crippen LogP contribution is 2.41. The van der Waals surface area contributed by atoms with Gasteiger partial charge < -0.3 is 0 Å². The lowest BCUT2D eigenvalue weighted by molar-refractivity contribution is -0.0416. The minimum absolute atomic E-state index is 0.0293. The SMILES string of the molecule is FC1(F)CCCC(c2nc(Cl)c3ccsc3n2)C1. The Bertz CT molecular complexity index is 584. The van der Waals surface area contributed by atoms with Gasteiger partial charge in [-0.1, -0.05) is 11.6 Å². The fourth-order valence-electron chi connectivity index (χ4n) is 2.41. The maximum absolute atomic E-state index is 13.4. The topological polar surface area (TPSA) is 25.8 Å². The van der Waals surface area contributed by atoms with E-state index < -0.39 is 5.92 Å². The number of aromatic nitrogens is 2. The fraction of sp³-hybridized carbons (Fsp3) is 0.500. The first-order valence-corrected chi connectivity index (χ1v) is 7.09. The van der Waals surface area contributed by atoms with Gasteiger partial charge in [-0.3, -0.25) is 0 Å². The van der Waals surface area contributed by atoms with Gasteiger partial charge in [-0.2, -0.15) is 0 Å². The van der Waals surface area contributed by atoms with Gasteiger partial charge in [0.1, 0.15) is 15.8 Å². The average Bonchev–Trinajstić information content (AvgIpc) is 2.76. The van der Waals surface area contributed by atoms with E-state index in [2.05, 4.69) is 9.97 Å². The van der Waals surface area contributed by atoms with Crippen molar-refractivity contribution in [2.75, 3.05) is 0 Å². The van der Waals surface area contributed by atoms with Crippen LogP contribution in [-0.2, 0) is 0 Å². The molecule has 0 spiro atoms. The standard InChI is InChI=1S/C12H11ClF2N2S/c13-9-8-3-5-18-11(8)17-10(16-9)7-2-1-4-12(14,15)6-7/h3,5,7H,1-2,4,6H2. The Kier molecular flexibility index (Phi) is 2.98. The first kappa shape index (κ1) is 12.2. The van der Waals surface area contributed by atoms with Crippen molar-refractivity contribution < 1.29 is 8.78 Å². The molecule has 2 aromatic heterocycles. The molecule has 6 heteroatoms. The van der Waals surface area contributed by atoms with Crippen LogP contribution >= 0.6 is 22.9 Å². The van der Waals surface area contributed by atoms with Gasteiger partial charge >= 0.3 is 0 Å². The van der Waals surface area contributed by atoms with Crippen molar-refractivity contribution in [2.45, 2.75) is 37.5 Å². The van der Waals surface area contributed by atoms with Crippen LogP contribution in [0.1, 0.15) is 37.4 Å². The third-order valence-electron chi connectivity index (χ3n) is 3.30. The summed E-state index contributed by atoms with van der Waals surface area (Å²) in [5.74, 6) is -2.41. The molecule has 1 unspecified atom stereocenters. The molecule has 1 saturated carbocycles. The first-order valence-electron chi connectivity index (χ1n) is 5.84. The summed E-state index contributed by atoms with van der Waals surface area (Å²) < 4.78 is 26.8. The van der Waals surface area contributed by atoms with Crippen molar-refractivity contribution in [2.24, 2.45) is 0 Å². The van der Waals surface area contributed by atoms with Crippen molar-refractivity contribution in [3.8, 4) is 0 Å². The van der Waals surface area contributed by atoms with E-state index in [0.29, 0.717) is 23.8 Å². The van der Waals surface area contributed by atoms with E-state index in [9.17, 15) is 8.78 Å². The Hall–Kier alpha value is -0.810. The second-order valence-corrected chi connectivity index (χ2v) is 5.91. The monoisotopic (exact) mass is 288 g/mol. The third kappa shape index (κ3) is 2.21. The van der Waals surface area contributed by atoms with Crippen molar-refractivity contribution in [3.63, 3.8) is 0 Å². The van der Waals surface area contributed by atoms with Crippen molar-refractivity contribution in [1.82, 2.24) is 9.97 Å². The zero-order valence-electron chi connectivity index (χ0n) is 9.50. The van der Waals surface area contributed by atoms with E-state index in [1.807, 2.05) is 11.4 Å². The van der Waals surface area contributed by atoms with E-state index in [1.165, 1.54) is 11.3 Å². The highest BCUT2D eigenvalue weighted by Gasteiger charge is 2.38. The zero-order chi connectivity index (χ0) is 12.8. The summed E-state index contributed by atoms with van der Waals surface area (Å²) in [6, 6.07) is 1.85. The average molecular weight is 289 g/mol. The Labute approximate surface area is 112 Å². The van der Waals surface area contributed by atoms with E-state index >= 15 is 0 Å². The van der Waals surface area contributed by atoms with Gasteiger partial charge in [-0.05, 0) is 24.3 Å². The van der Waals surface area contributed by atoms with Gasteiger partial charge in [0, 0.05) is 24.1 Å². The quantitative estimate of drug-likeness (QED) is 0.715. The molecule has 0 bridgehead atoms. The Morgan fingerprint density at radius 2 is 2.22 bits per heavy atom. The number of fused-ring (bicyclic) bond motifs is 1. The van der Waals surface area contributed by atoms with Gasteiger partial charge in [0.05, 0.1) is 0 Å². The highest BCUT2D eigenvalue weighted by atomic mass is 35.5. The lowest BCUT2D eigenvalue weighted by Gasteiger charge is -2.27. The molecule has 0 radical (unpaired) electrons. The number of hydrogen-bond donors (Lipinski definition) is 0. The molecule has 18 heavy (non-hydrogen) atoms. The summed E-state index contributed by atoms with van der Waals surface area (Å²) in [6.07, 6.45) is 1.03. The van der Waals surface area contributed by atoms with E-state index in [1.54, 1.807) is 0 Å². The summed E-state index contributed by atoms with van der Waals surface area (Å²) in [7, 11) is 0. The molecule has 1 atom stereocenters. The lowest BCUT2D eigenvalue weighted by Crippen LogP contribution is -2.25. The maximum atomic E-state index is 13.4. The summed E-state index contributed by atoms with van der Waals surface area (Å²) in [6.45, 7) is 0. The molecule has 1 aliphatic rings. The molecule has 0 N–H and O–H groups in total. The van der Waals surface area contributed by atoms with Crippen LogP contribution in [0.5, 0.6) is 0 Å². The molecule has 2 aromatic rings. The van der Waals surface area contributed by atoms with E-state index in [-0.39, 0.29) is 18.8 Å². The maximum Gasteiger partial charge on any atom is 0.248 e. The molecule has 96 valence electrons. The number of thiophene rings is 1. The van der Waals surface area contributed by atoms with Crippen molar-refractivity contribution in [1.29, 1.82) is 0 Å². The molecule has 2 heterocycles. The zero-order valence-corrected chi connectivity index (χ0v) is 11.1. The molecule has 0 aromatic carbocycles. The number of hydrogen-bond acceptors (Lipinski definition) is 3. The highest BCUT2D eigenvalue weighted by molar-refractivity contribution is 7.16. The minimum Gasteiger partial charge on any atom is -0.222 e. The van der Waals surface area contributed by atoms with Crippen LogP contribution in [0.15, 0.2) is 11.4 Å². The molecule has 3 rings (SSSR count). The largest absolute Gasteiger partial charge is 0.248 e. The van der Waals surface area contributed by atoms with E-state index in [4.69, 9.17) is 11.6 Å². The second kappa shape index (κ2) is 4.38. The number of nitrogens with zero attached hydrogens (tertiary/aromatic N) is 2. The van der Waals surface area contributed by atoms with Crippen LogP contribution in [0.25, 0.3) is 10.2 Å². The summed E-state index contributed by atoms with van der Waals surface area (Å²) in [5.41, 5.74) is 0. The molecule has 1 aliphatic carbocycles. The van der Waals surface area contributed by atoms with Gasteiger partial charge in [0.25, 0.3) is 0 Å². The van der Waals surface area contributed by atoms with Crippen LogP contribution in [0.4, 0.5) is 8.78 Å². The summed E-state index contributed by atoms with van der Waals surface area (Å²) in [5, 5.41) is 3.04. The number of alkyl halides is 2. The normalized spacial score (nSPS) is 23.4. The summed E-state index contributed by atoms with van der Waals surface area (Å²) >= 11 is 7.52. The minimum atomic E-state index is -2.59. The van der Waals surface area contributed by atoms with Crippen LogP contribution in [-0.4, -0.2) is 15.9 Å². The summed E-state index contributed by atoms with van der Waals surface area (Å²) in [4.78, 5) is 9.34. The molecular weight excluding hydrogens is 278 g/mol. The van der Waals surface area contributed by atoms with Crippen LogP contribution < -0.4 is 0 Å². The van der Waals surface area contributed by atoms with Crippen LogP contribution in [0.3, 0.4) is 0 Å². The van der Waals surface area contributed by atoms with Gasteiger partial charge in [0.2, 0.25) is 5.92 Å². The Balaban J connectivity index is 1.98. The van der Waals surface area contributed by atoms with Gasteiger partial charge in [0.15, 0.2) is 0 Å². The molecule has 0 amide bonds. The van der Waals surface area contributed by atoms with Gasteiger partial charge in [-0.25, -0.2) is 18.7 Å². The molecule has 0 aliphatic heterocycles. The van der Waals surface area contributed by atoms with E-state index in [0.717, 1.165) is 10.2 Å². The van der Waals surface area contributed by atoms with Crippen molar-refractivity contribution >= 4 is 33.2 Å². The van der Waals surface area contributed by atoms with Gasteiger partial charge in [-0.15, -0.1) is 11.3 Å². The molecule has 1 fully saturated rings. The smallest absolute Gasteiger partial charge is 0.222 e. The molecule has 2 nitrogen and oxygen atoms in total. The molecular formula is C12H11ClF2N2S. The Morgan fingerprint density at radius 1 is 1.39 bits per heavy atom. The second-order valence-electron chi connectivity index (χ2n) is 4.66. The predicted molar refractivity (Wildman–Crippen MR) is 68.6 cm³/mol. The Morgan fingerprint density at radius 3 is 3.00 bits per heavy atom. The van der Waals surface area contributed by atoms with Crippen molar-refractivity contribution in [3.05, 3.63) is 22.4 Å². The fourth-order valence-corrected chi connectivity index (χ4v) is 3.48. The first-order chi connectivity index (χ1) is 8.55. The lowest BCUT2D eigenvalue weighted by atomic mass is 9.86. The van der Waals surface area contributed by atoms with Crippen LogP contribution in [0, 0.1) is 0 Å². The predicted octanol–water partition coefficient (Wildman–Crippen LogP) is 4.64. The third-order valence-corrected chi connectivity index (χ3v) is 4.40. The van der Waals surface area contributed by atoms with Crippen LogP contribution in [0.2, 0.25) is 5.15 Å².